The van der Waals surface area contributed by atoms with Gasteiger partial charge in [0.2, 0.25) is 5.91 Å². The molecule has 0 aromatic heterocycles. The maximum absolute atomic E-state index is 13.2. The summed E-state index contributed by atoms with van der Waals surface area (Å²) in [5.41, 5.74) is 0.538. The van der Waals surface area contributed by atoms with Crippen LogP contribution in [0.25, 0.3) is 0 Å². The molecule has 0 saturated carbocycles. The monoisotopic (exact) mass is 492 g/mol. The third-order valence-electron chi connectivity index (χ3n) is 7.08. The van der Waals surface area contributed by atoms with Crippen molar-refractivity contribution in [2.24, 2.45) is 11.8 Å². The molecule has 0 bridgehead atoms. The summed E-state index contributed by atoms with van der Waals surface area (Å²) < 4.78 is 6.47. The third-order valence-corrected chi connectivity index (χ3v) is 12.8. The van der Waals surface area contributed by atoms with Gasteiger partial charge in [0.25, 0.3) is 5.91 Å². The van der Waals surface area contributed by atoms with E-state index in [-0.39, 0.29) is 40.0 Å². The number of carbonyl (C=O) groups is 3. The van der Waals surface area contributed by atoms with Crippen LogP contribution < -0.4 is 5.32 Å². The van der Waals surface area contributed by atoms with Crippen molar-refractivity contribution in [3.8, 4) is 0 Å². The topological polar surface area (TPSA) is 75.7 Å². The summed E-state index contributed by atoms with van der Waals surface area (Å²) in [6, 6.07) is 6.96. The van der Waals surface area contributed by atoms with E-state index in [2.05, 4.69) is 39.2 Å². The van der Waals surface area contributed by atoms with Crippen LogP contribution in [0.5, 0.6) is 0 Å². The molecule has 8 heteroatoms. The van der Waals surface area contributed by atoms with Gasteiger partial charge in [-0.1, -0.05) is 51.6 Å². The van der Waals surface area contributed by atoms with Crippen molar-refractivity contribution in [2.45, 2.75) is 83.6 Å². The maximum atomic E-state index is 13.2. The fourth-order valence-corrected chi connectivity index (χ4v) is 6.23. The van der Waals surface area contributed by atoms with E-state index in [1.807, 2.05) is 45.9 Å². The van der Waals surface area contributed by atoms with Gasteiger partial charge in [-0.05, 0) is 51.0 Å². The second kappa shape index (κ2) is 10.7. The number of carbonyl (C=O) groups excluding carboxylic acids is 3. The summed E-state index contributed by atoms with van der Waals surface area (Å²) in [5, 5.41) is 2.90. The van der Waals surface area contributed by atoms with Crippen LogP contribution in [-0.2, 0) is 14.0 Å². The smallest absolute Gasteiger partial charge is 0.254 e. The lowest BCUT2D eigenvalue weighted by Gasteiger charge is -2.46. The Hall–Kier alpha value is -1.64. The average molecular weight is 493 g/mol. The average Bonchev–Trinajstić information content (AvgIpc) is 2.71. The SMILES string of the molecule is CCN(CC)C(=O)c1ccccc1SC(=O)C(C)[C@H]1NC(=O)[C@@H]1C(C)O[Si](C)(C)C(C)(C)C. The first-order chi connectivity index (χ1) is 15.2. The van der Waals surface area contributed by atoms with Crippen molar-refractivity contribution in [1.82, 2.24) is 10.2 Å². The predicted octanol–water partition coefficient (Wildman–Crippen LogP) is 4.95. The second-order valence-electron chi connectivity index (χ2n) is 10.3. The van der Waals surface area contributed by atoms with Gasteiger partial charge >= 0.3 is 0 Å². The zero-order valence-electron chi connectivity index (χ0n) is 21.5. The summed E-state index contributed by atoms with van der Waals surface area (Å²) in [6.45, 7) is 19.7. The van der Waals surface area contributed by atoms with E-state index in [9.17, 15) is 14.4 Å². The van der Waals surface area contributed by atoms with Crippen LogP contribution in [-0.4, -0.2) is 55.4 Å². The number of hydrogen-bond acceptors (Lipinski definition) is 5. The molecule has 184 valence electrons. The normalized spacial score (nSPS) is 20.5. The number of benzene rings is 1. The van der Waals surface area contributed by atoms with Crippen LogP contribution >= 0.6 is 11.8 Å². The minimum atomic E-state index is -2.05. The van der Waals surface area contributed by atoms with Crippen LogP contribution in [0.3, 0.4) is 0 Å². The summed E-state index contributed by atoms with van der Waals surface area (Å²) in [6.07, 6.45) is -0.263. The summed E-state index contributed by atoms with van der Waals surface area (Å²) in [4.78, 5) is 41.0. The van der Waals surface area contributed by atoms with E-state index >= 15 is 0 Å². The Morgan fingerprint density at radius 3 is 2.24 bits per heavy atom. The Balaban J connectivity index is 2.15. The quantitative estimate of drug-likeness (QED) is 0.300. The van der Waals surface area contributed by atoms with Crippen LogP contribution in [0.4, 0.5) is 0 Å². The molecule has 6 nitrogen and oxygen atoms in total. The zero-order valence-corrected chi connectivity index (χ0v) is 23.3. The second-order valence-corrected chi connectivity index (χ2v) is 16.1. The molecule has 1 aliphatic heterocycles. The van der Waals surface area contributed by atoms with Gasteiger partial charge < -0.3 is 14.6 Å². The first-order valence-electron chi connectivity index (χ1n) is 11.8. The van der Waals surface area contributed by atoms with Crippen molar-refractivity contribution in [3.05, 3.63) is 29.8 Å². The van der Waals surface area contributed by atoms with Gasteiger partial charge in [-0.2, -0.15) is 0 Å². The van der Waals surface area contributed by atoms with Crippen LogP contribution in [0, 0.1) is 11.8 Å². The molecule has 0 aliphatic carbocycles. The van der Waals surface area contributed by atoms with E-state index < -0.39 is 14.2 Å². The van der Waals surface area contributed by atoms with Gasteiger partial charge in [0.15, 0.2) is 13.4 Å². The fraction of sp³-hybridized carbons (Fsp3) is 0.640. The number of thioether (sulfide) groups is 1. The number of amides is 2. The highest BCUT2D eigenvalue weighted by Crippen LogP contribution is 2.40. The minimum Gasteiger partial charge on any atom is -0.413 e. The van der Waals surface area contributed by atoms with Crippen LogP contribution in [0.1, 0.15) is 58.8 Å². The molecule has 1 saturated heterocycles. The number of nitrogens with one attached hydrogen (secondary N) is 1. The van der Waals surface area contributed by atoms with Crippen molar-refractivity contribution in [1.29, 1.82) is 0 Å². The van der Waals surface area contributed by atoms with Crippen LogP contribution in [0.2, 0.25) is 18.1 Å². The molecule has 4 atom stereocenters. The highest BCUT2D eigenvalue weighted by Gasteiger charge is 2.50. The minimum absolute atomic E-state index is 0.0371. The molecular weight excluding hydrogens is 452 g/mol. The number of rotatable bonds is 9. The van der Waals surface area contributed by atoms with Crippen LogP contribution in [0.15, 0.2) is 29.2 Å². The van der Waals surface area contributed by atoms with Crippen molar-refractivity contribution in [2.75, 3.05) is 13.1 Å². The Morgan fingerprint density at radius 1 is 1.15 bits per heavy atom. The molecule has 33 heavy (non-hydrogen) atoms. The zero-order chi connectivity index (χ0) is 25.1. The largest absolute Gasteiger partial charge is 0.413 e. The van der Waals surface area contributed by atoms with Crippen molar-refractivity contribution < 1.29 is 18.8 Å². The van der Waals surface area contributed by atoms with Gasteiger partial charge in [0, 0.05) is 23.9 Å². The highest BCUT2D eigenvalue weighted by atomic mass is 32.2. The Morgan fingerprint density at radius 2 is 1.73 bits per heavy atom. The molecular formula is C25H40N2O4SSi. The molecule has 0 radical (unpaired) electrons. The lowest BCUT2D eigenvalue weighted by Crippen LogP contribution is -2.66. The Bertz CT molecular complexity index is 879. The van der Waals surface area contributed by atoms with Gasteiger partial charge in [0.05, 0.1) is 23.6 Å². The lowest BCUT2D eigenvalue weighted by molar-refractivity contribution is -0.143. The van der Waals surface area contributed by atoms with Gasteiger partial charge in [0.1, 0.15) is 0 Å². The van der Waals surface area contributed by atoms with E-state index in [0.717, 1.165) is 11.8 Å². The molecule has 1 N–H and O–H groups in total. The molecule has 1 fully saturated rings. The van der Waals surface area contributed by atoms with E-state index in [0.29, 0.717) is 23.5 Å². The first kappa shape index (κ1) is 27.6. The Kier molecular flexibility index (Phi) is 8.98. The molecule has 0 spiro atoms. The molecule has 1 aliphatic rings. The lowest BCUT2D eigenvalue weighted by atomic mass is 9.79. The van der Waals surface area contributed by atoms with E-state index in [1.54, 1.807) is 11.0 Å². The number of nitrogens with zero attached hydrogens (tertiary/aromatic N) is 1. The molecule has 2 unspecified atom stereocenters. The Labute approximate surface area is 204 Å². The van der Waals surface area contributed by atoms with Gasteiger partial charge in [-0.25, -0.2) is 0 Å². The number of hydrogen-bond donors (Lipinski definition) is 1. The predicted molar refractivity (Wildman–Crippen MR) is 137 cm³/mol. The third kappa shape index (κ3) is 6.08. The molecule has 2 amide bonds. The highest BCUT2D eigenvalue weighted by molar-refractivity contribution is 8.13. The van der Waals surface area contributed by atoms with Gasteiger partial charge in [-0.3, -0.25) is 14.4 Å². The molecule has 1 aromatic carbocycles. The van der Waals surface area contributed by atoms with Crippen molar-refractivity contribution >= 4 is 37.0 Å². The fourth-order valence-electron chi connectivity index (χ4n) is 3.83. The maximum Gasteiger partial charge on any atom is 0.254 e. The van der Waals surface area contributed by atoms with Gasteiger partial charge in [-0.15, -0.1) is 0 Å². The molecule has 2 rings (SSSR count). The summed E-state index contributed by atoms with van der Waals surface area (Å²) in [7, 11) is -2.05. The summed E-state index contributed by atoms with van der Waals surface area (Å²) >= 11 is 1.09. The van der Waals surface area contributed by atoms with E-state index in [4.69, 9.17) is 4.43 Å². The van der Waals surface area contributed by atoms with E-state index in [1.165, 1.54) is 0 Å². The standard InChI is InChI=1S/C25H40N2O4SSi/c1-10-27(11-2)23(29)18-14-12-13-15-19(18)32-24(30)16(3)21-20(22(28)26-21)17(4)31-33(8,9)25(5,6)7/h12-17,20-21H,10-11H2,1-9H3,(H,26,28)/t16?,17?,20-,21-/m1/s1. The molecule has 1 heterocycles. The summed E-state index contributed by atoms with van der Waals surface area (Å²) in [5.74, 6) is -0.895. The number of β-lactam (4-membered cyclic amide) rings is 1. The molecule has 1 aromatic rings. The first-order valence-corrected chi connectivity index (χ1v) is 15.6. The van der Waals surface area contributed by atoms with Crippen molar-refractivity contribution in [3.63, 3.8) is 0 Å².